The number of methoxy groups -OCH3 is 2. The molecule has 2 rings (SSSR count). The van der Waals surface area contributed by atoms with Crippen LogP contribution in [0.2, 0.25) is 5.02 Å². The van der Waals surface area contributed by atoms with Crippen molar-refractivity contribution in [2.24, 2.45) is 0 Å². The standard InChI is InChI=1S/C18H19ClN2O5/c1-4-14(11-6-8-16(25-2)17(10-11)26-3)20-18(22)12-5-7-13(19)15(9-12)21(23)24/h5-10,14H,4H2,1-3H3,(H,20,22). The summed E-state index contributed by atoms with van der Waals surface area (Å²) in [6, 6.07) is 9.04. The third kappa shape index (κ3) is 4.23. The van der Waals surface area contributed by atoms with Crippen LogP contribution in [0.3, 0.4) is 0 Å². The first kappa shape index (κ1) is 19.5. The molecule has 2 aromatic rings. The van der Waals surface area contributed by atoms with Gasteiger partial charge in [0.15, 0.2) is 11.5 Å². The molecule has 1 atom stereocenters. The SMILES string of the molecule is CCC(NC(=O)c1ccc(Cl)c([N+](=O)[O-])c1)c1ccc(OC)c(OC)c1. The van der Waals surface area contributed by atoms with E-state index in [1.54, 1.807) is 19.2 Å². The highest BCUT2D eigenvalue weighted by Crippen LogP contribution is 2.31. The van der Waals surface area contributed by atoms with Gasteiger partial charge < -0.3 is 14.8 Å². The van der Waals surface area contributed by atoms with Crippen molar-refractivity contribution in [2.75, 3.05) is 14.2 Å². The van der Waals surface area contributed by atoms with E-state index in [2.05, 4.69) is 5.32 Å². The van der Waals surface area contributed by atoms with Gasteiger partial charge in [-0.05, 0) is 36.2 Å². The molecule has 2 aromatic carbocycles. The predicted molar refractivity (Wildman–Crippen MR) is 98.2 cm³/mol. The third-order valence-corrected chi connectivity index (χ3v) is 4.25. The lowest BCUT2D eigenvalue weighted by Gasteiger charge is -2.19. The fourth-order valence-electron chi connectivity index (χ4n) is 2.53. The Morgan fingerprint density at radius 2 is 1.88 bits per heavy atom. The molecule has 138 valence electrons. The molecule has 0 bridgehead atoms. The zero-order valence-corrected chi connectivity index (χ0v) is 15.4. The van der Waals surface area contributed by atoms with Crippen LogP contribution < -0.4 is 14.8 Å². The molecule has 0 saturated heterocycles. The van der Waals surface area contributed by atoms with Crippen molar-refractivity contribution in [3.8, 4) is 11.5 Å². The molecule has 7 nitrogen and oxygen atoms in total. The number of hydrogen-bond acceptors (Lipinski definition) is 5. The minimum absolute atomic E-state index is 0.0153. The summed E-state index contributed by atoms with van der Waals surface area (Å²) in [7, 11) is 3.08. The van der Waals surface area contributed by atoms with E-state index in [0.29, 0.717) is 17.9 Å². The third-order valence-electron chi connectivity index (χ3n) is 3.93. The normalized spacial score (nSPS) is 11.5. The predicted octanol–water partition coefficient (Wildman–Crippen LogP) is 4.15. The Hall–Kier alpha value is -2.80. The van der Waals surface area contributed by atoms with Gasteiger partial charge in [-0.15, -0.1) is 0 Å². The highest BCUT2D eigenvalue weighted by atomic mass is 35.5. The molecule has 8 heteroatoms. The molecule has 0 aliphatic heterocycles. The molecular weight excluding hydrogens is 360 g/mol. The number of hydrogen-bond donors (Lipinski definition) is 1. The van der Waals surface area contributed by atoms with Crippen LogP contribution in [-0.2, 0) is 0 Å². The van der Waals surface area contributed by atoms with Crippen molar-refractivity contribution in [3.05, 3.63) is 62.7 Å². The molecule has 0 spiro atoms. The first-order valence-electron chi connectivity index (χ1n) is 7.88. The summed E-state index contributed by atoms with van der Waals surface area (Å²) in [5.41, 5.74) is 0.695. The maximum Gasteiger partial charge on any atom is 0.288 e. The summed E-state index contributed by atoms with van der Waals surface area (Å²) in [5.74, 6) is 0.719. The summed E-state index contributed by atoms with van der Waals surface area (Å²) in [6.45, 7) is 1.92. The number of carbonyl (C=O) groups excluding carboxylic acids is 1. The van der Waals surface area contributed by atoms with Gasteiger partial charge in [0.2, 0.25) is 0 Å². The van der Waals surface area contributed by atoms with Crippen molar-refractivity contribution < 1.29 is 19.2 Å². The number of halogens is 1. The molecule has 0 radical (unpaired) electrons. The van der Waals surface area contributed by atoms with Crippen LogP contribution in [0.15, 0.2) is 36.4 Å². The largest absolute Gasteiger partial charge is 0.493 e. The van der Waals surface area contributed by atoms with Gasteiger partial charge in [0.05, 0.1) is 25.2 Å². The van der Waals surface area contributed by atoms with Gasteiger partial charge in [-0.2, -0.15) is 0 Å². The van der Waals surface area contributed by atoms with Gasteiger partial charge in [-0.3, -0.25) is 14.9 Å². The molecule has 1 unspecified atom stereocenters. The average molecular weight is 379 g/mol. The van der Waals surface area contributed by atoms with Gasteiger partial charge in [-0.25, -0.2) is 0 Å². The van der Waals surface area contributed by atoms with Crippen LogP contribution in [0.4, 0.5) is 5.69 Å². The van der Waals surface area contributed by atoms with Crippen molar-refractivity contribution >= 4 is 23.2 Å². The number of nitrogens with one attached hydrogen (secondary N) is 1. The zero-order chi connectivity index (χ0) is 19.3. The molecule has 0 aliphatic carbocycles. The number of carbonyl (C=O) groups is 1. The lowest BCUT2D eigenvalue weighted by molar-refractivity contribution is -0.384. The maximum atomic E-state index is 12.5. The number of benzene rings is 2. The smallest absolute Gasteiger partial charge is 0.288 e. The topological polar surface area (TPSA) is 90.7 Å². The maximum absolute atomic E-state index is 12.5. The Morgan fingerprint density at radius 3 is 2.46 bits per heavy atom. The second-order valence-electron chi connectivity index (χ2n) is 5.47. The minimum Gasteiger partial charge on any atom is -0.493 e. The van der Waals surface area contributed by atoms with Gasteiger partial charge >= 0.3 is 0 Å². The second-order valence-corrected chi connectivity index (χ2v) is 5.88. The molecule has 1 amide bonds. The van der Waals surface area contributed by atoms with Crippen molar-refractivity contribution in [3.63, 3.8) is 0 Å². The van der Waals surface area contributed by atoms with Crippen LogP contribution >= 0.6 is 11.6 Å². The monoisotopic (exact) mass is 378 g/mol. The summed E-state index contributed by atoms with van der Waals surface area (Å²) in [4.78, 5) is 22.9. The van der Waals surface area contributed by atoms with E-state index in [0.717, 1.165) is 5.56 Å². The van der Waals surface area contributed by atoms with E-state index in [1.165, 1.54) is 25.3 Å². The fourth-order valence-corrected chi connectivity index (χ4v) is 2.71. The Bertz CT molecular complexity index is 825. The van der Waals surface area contributed by atoms with Gasteiger partial charge in [0.25, 0.3) is 11.6 Å². The Labute approximate surface area is 156 Å². The Kier molecular flexibility index (Phi) is 6.41. The van der Waals surface area contributed by atoms with Crippen molar-refractivity contribution in [1.29, 1.82) is 0 Å². The van der Waals surface area contributed by atoms with Crippen LogP contribution in [-0.4, -0.2) is 25.1 Å². The molecular formula is C18H19ClN2O5. The fraction of sp³-hybridized carbons (Fsp3) is 0.278. The quantitative estimate of drug-likeness (QED) is 0.577. The Morgan fingerprint density at radius 1 is 1.19 bits per heavy atom. The number of nitro benzene ring substituents is 1. The zero-order valence-electron chi connectivity index (χ0n) is 14.6. The molecule has 0 aliphatic rings. The summed E-state index contributed by atoms with van der Waals surface area (Å²) in [5, 5.41) is 13.8. The lowest BCUT2D eigenvalue weighted by atomic mass is 10.0. The number of amides is 1. The van der Waals surface area contributed by atoms with Crippen molar-refractivity contribution in [2.45, 2.75) is 19.4 Å². The second kappa shape index (κ2) is 8.53. The van der Waals surface area contributed by atoms with Gasteiger partial charge in [-0.1, -0.05) is 24.6 Å². The first-order valence-corrected chi connectivity index (χ1v) is 8.25. The summed E-state index contributed by atoms with van der Waals surface area (Å²) in [6.07, 6.45) is 0.622. The van der Waals surface area contributed by atoms with Gasteiger partial charge in [0, 0.05) is 11.6 Å². The van der Waals surface area contributed by atoms with Crippen molar-refractivity contribution in [1.82, 2.24) is 5.32 Å². The average Bonchev–Trinajstić information content (AvgIpc) is 2.65. The molecule has 0 fully saturated rings. The van der Waals surface area contributed by atoms with E-state index in [-0.39, 0.29) is 22.3 Å². The summed E-state index contributed by atoms with van der Waals surface area (Å²) >= 11 is 5.79. The highest BCUT2D eigenvalue weighted by molar-refractivity contribution is 6.32. The first-order chi connectivity index (χ1) is 12.4. The van der Waals surface area contributed by atoms with Crippen LogP contribution in [0, 0.1) is 10.1 Å². The minimum atomic E-state index is -0.620. The van der Waals surface area contributed by atoms with Crippen LogP contribution in [0.25, 0.3) is 0 Å². The highest BCUT2D eigenvalue weighted by Gasteiger charge is 2.19. The van der Waals surface area contributed by atoms with E-state index >= 15 is 0 Å². The van der Waals surface area contributed by atoms with E-state index in [4.69, 9.17) is 21.1 Å². The van der Waals surface area contributed by atoms with Gasteiger partial charge in [0.1, 0.15) is 5.02 Å². The molecule has 0 aromatic heterocycles. The molecule has 0 heterocycles. The lowest BCUT2D eigenvalue weighted by Crippen LogP contribution is -2.28. The molecule has 0 saturated carbocycles. The molecule has 26 heavy (non-hydrogen) atoms. The van der Waals surface area contributed by atoms with Crippen LogP contribution in [0.1, 0.15) is 35.3 Å². The van der Waals surface area contributed by atoms with E-state index in [9.17, 15) is 14.9 Å². The van der Waals surface area contributed by atoms with E-state index in [1.807, 2.05) is 13.0 Å². The number of rotatable bonds is 7. The number of nitro groups is 1. The van der Waals surface area contributed by atoms with Crippen LogP contribution in [0.5, 0.6) is 11.5 Å². The number of nitrogens with zero attached hydrogens (tertiary/aromatic N) is 1. The molecule has 1 N–H and O–H groups in total. The van der Waals surface area contributed by atoms with E-state index < -0.39 is 10.8 Å². The summed E-state index contributed by atoms with van der Waals surface area (Å²) < 4.78 is 10.5. The Balaban J connectivity index is 2.26. The number of ether oxygens (including phenoxy) is 2.